The predicted octanol–water partition coefficient (Wildman–Crippen LogP) is 1.64. The molecule has 6 nitrogen and oxygen atoms in total. The molecular weight excluding hydrogens is 272 g/mol. The molecule has 1 aromatic carbocycles. The monoisotopic (exact) mass is 290 g/mol. The van der Waals surface area contributed by atoms with Crippen LogP contribution in [0.5, 0.6) is 0 Å². The molecular formula is C15H18N2O4. The summed E-state index contributed by atoms with van der Waals surface area (Å²) in [6.45, 7) is 2.01. The lowest BCUT2D eigenvalue weighted by molar-refractivity contribution is -0.144. The van der Waals surface area contributed by atoms with Crippen LogP contribution in [-0.4, -0.2) is 26.2 Å². The molecule has 0 bridgehead atoms. The zero-order chi connectivity index (χ0) is 15.1. The molecule has 0 radical (unpaired) electrons. The van der Waals surface area contributed by atoms with E-state index >= 15 is 0 Å². The summed E-state index contributed by atoms with van der Waals surface area (Å²) in [6, 6.07) is 5.17. The molecule has 1 saturated carbocycles. The molecule has 4 atom stereocenters. The quantitative estimate of drug-likeness (QED) is 0.689. The van der Waals surface area contributed by atoms with Crippen molar-refractivity contribution >= 4 is 17.0 Å². The van der Waals surface area contributed by atoms with Crippen molar-refractivity contribution in [1.82, 2.24) is 9.97 Å². The Morgan fingerprint density at radius 2 is 2.00 bits per heavy atom. The number of carboxylic acid groups (broad SMARTS) is 1. The van der Waals surface area contributed by atoms with Gasteiger partial charge >= 0.3 is 11.7 Å². The average Bonchev–Trinajstić information content (AvgIpc) is 2.98. The fraction of sp³-hybridized carbons (Fsp3) is 0.467. The van der Waals surface area contributed by atoms with E-state index in [0.717, 1.165) is 0 Å². The number of aromatic amines is 2. The SMILES string of the molecule is CC1CC(C(=O)O)C(C(O)c2ccc3[nH]c(=O)[nH]c3c2)C1. The van der Waals surface area contributed by atoms with Crippen LogP contribution < -0.4 is 5.69 Å². The molecule has 4 unspecified atom stereocenters. The number of nitrogens with one attached hydrogen (secondary N) is 2. The molecule has 21 heavy (non-hydrogen) atoms. The van der Waals surface area contributed by atoms with Gasteiger partial charge in [-0.05, 0) is 36.5 Å². The molecule has 3 rings (SSSR count). The summed E-state index contributed by atoms with van der Waals surface area (Å²) in [7, 11) is 0. The highest BCUT2D eigenvalue weighted by molar-refractivity contribution is 5.75. The first-order valence-electron chi connectivity index (χ1n) is 7.08. The third-order valence-corrected chi connectivity index (χ3v) is 4.45. The molecule has 2 aromatic rings. The Balaban J connectivity index is 1.93. The fourth-order valence-electron chi connectivity index (χ4n) is 3.45. The number of aliphatic carboxylic acids is 1. The Morgan fingerprint density at radius 1 is 1.29 bits per heavy atom. The number of imidazole rings is 1. The number of hydrogen-bond donors (Lipinski definition) is 4. The summed E-state index contributed by atoms with van der Waals surface area (Å²) in [6.07, 6.45) is 0.457. The number of carbonyl (C=O) groups is 1. The van der Waals surface area contributed by atoms with E-state index in [9.17, 15) is 19.8 Å². The second kappa shape index (κ2) is 5.04. The van der Waals surface area contributed by atoms with Crippen molar-refractivity contribution in [2.45, 2.75) is 25.9 Å². The molecule has 1 fully saturated rings. The second-order valence-electron chi connectivity index (χ2n) is 6.01. The number of hydrogen-bond acceptors (Lipinski definition) is 3. The van der Waals surface area contributed by atoms with Gasteiger partial charge in [0.05, 0.1) is 23.1 Å². The number of aliphatic hydroxyl groups is 1. The van der Waals surface area contributed by atoms with Crippen molar-refractivity contribution < 1.29 is 15.0 Å². The van der Waals surface area contributed by atoms with Crippen molar-refractivity contribution in [3.63, 3.8) is 0 Å². The Kier molecular flexibility index (Phi) is 3.33. The summed E-state index contributed by atoms with van der Waals surface area (Å²) in [5, 5.41) is 19.9. The van der Waals surface area contributed by atoms with Crippen LogP contribution in [-0.2, 0) is 4.79 Å². The number of aliphatic hydroxyl groups excluding tert-OH is 1. The zero-order valence-electron chi connectivity index (χ0n) is 11.7. The van der Waals surface area contributed by atoms with Crippen molar-refractivity contribution in [3.8, 4) is 0 Å². The average molecular weight is 290 g/mol. The van der Waals surface area contributed by atoms with Crippen molar-refractivity contribution in [3.05, 3.63) is 34.2 Å². The normalized spacial score (nSPS) is 27.0. The largest absolute Gasteiger partial charge is 0.481 e. The molecule has 1 heterocycles. The minimum absolute atomic E-state index is 0.291. The Bertz CT molecular complexity index is 733. The van der Waals surface area contributed by atoms with Gasteiger partial charge in [-0.15, -0.1) is 0 Å². The van der Waals surface area contributed by atoms with Gasteiger partial charge in [0.2, 0.25) is 0 Å². The van der Waals surface area contributed by atoms with E-state index < -0.39 is 18.0 Å². The number of aromatic nitrogens is 2. The first-order valence-corrected chi connectivity index (χ1v) is 7.08. The minimum Gasteiger partial charge on any atom is -0.481 e. The molecule has 112 valence electrons. The Hall–Kier alpha value is -2.08. The molecule has 0 aliphatic heterocycles. The summed E-state index contributed by atoms with van der Waals surface area (Å²) in [5.41, 5.74) is 1.64. The van der Waals surface area contributed by atoms with Gasteiger partial charge in [-0.3, -0.25) is 4.79 Å². The number of rotatable bonds is 3. The fourth-order valence-corrected chi connectivity index (χ4v) is 3.45. The molecule has 0 amide bonds. The van der Waals surface area contributed by atoms with Gasteiger partial charge in [-0.25, -0.2) is 4.79 Å². The van der Waals surface area contributed by atoms with Crippen LogP contribution in [0.15, 0.2) is 23.0 Å². The van der Waals surface area contributed by atoms with E-state index in [0.29, 0.717) is 35.4 Å². The lowest BCUT2D eigenvalue weighted by Crippen LogP contribution is -2.23. The number of fused-ring (bicyclic) bond motifs is 1. The van der Waals surface area contributed by atoms with E-state index in [4.69, 9.17) is 0 Å². The first-order chi connectivity index (χ1) is 9.95. The van der Waals surface area contributed by atoms with Crippen LogP contribution in [0.25, 0.3) is 11.0 Å². The van der Waals surface area contributed by atoms with Crippen LogP contribution >= 0.6 is 0 Å². The van der Waals surface area contributed by atoms with Crippen LogP contribution in [0, 0.1) is 17.8 Å². The number of carboxylic acids is 1. The highest BCUT2D eigenvalue weighted by atomic mass is 16.4. The number of H-pyrrole nitrogens is 2. The van der Waals surface area contributed by atoms with E-state index in [2.05, 4.69) is 9.97 Å². The van der Waals surface area contributed by atoms with Gasteiger partial charge in [0, 0.05) is 5.92 Å². The minimum atomic E-state index is -0.848. The zero-order valence-corrected chi connectivity index (χ0v) is 11.7. The van der Waals surface area contributed by atoms with Crippen LogP contribution in [0.2, 0.25) is 0 Å². The van der Waals surface area contributed by atoms with Crippen molar-refractivity contribution in [2.24, 2.45) is 17.8 Å². The predicted molar refractivity (Wildman–Crippen MR) is 76.9 cm³/mol. The third kappa shape index (κ3) is 2.47. The van der Waals surface area contributed by atoms with E-state index in [1.165, 1.54) is 0 Å². The highest BCUT2D eigenvalue weighted by Crippen LogP contribution is 2.43. The van der Waals surface area contributed by atoms with Gasteiger partial charge in [0.1, 0.15) is 0 Å². The highest BCUT2D eigenvalue weighted by Gasteiger charge is 2.41. The first kappa shape index (κ1) is 13.9. The second-order valence-corrected chi connectivity index (χ2v) is 6.01. The van der Waals surface area contributed by atoms with Gasteiger partial charge < -0.3 is 20.2 Å². The lowest BCUT2D eigenvalue weighted by Gasteiger charge is -2.22. The smallest absolute Gasteiger partial charge is 0.323 e. The molecule has 0 saturated heterocycles. The van der Waals surface area contributed by atoms with Crippen LogP contribution in [0.4, 0.5) is 0 Å². The third-order valence-electron chi connectivity index (χ3n) is 4.45. The molecule has 1 aliphatic carbocycles. The maximum Gasteiger partial charge on any atom is 0.323 e. The summed E-state index contributed by atoms with van der Waals surface area (Å²) in [5.74, 6) is -1.36. The molecule has 0 spiro atoms. The van der Waals surface area contributed by atoms with Crippen LogP contribution in [0.3, 0.4) is 0 Å². The van der Waals surface area contributed by atoms with Gasteiger partial charge in [-0.1, -0.05) is 13.0 Å². The van der Waals surface area contributed by atoms with Gasteiger partial charge in [0.25, 0.3) is 0 Å². The molecule has 4 N–H and O–H groups in total. The molecule has 1 aliphatic rings. The van der Waals surface area contributed by atoms with Gasteiger partial charge in [-0.2, -0.15) is 0 Å². The van der Waals surface area contributed by atoms with Crippen molar-refractivity contribution in [1.29, 1.82) is 0 Å². The molecule has 1 aromatic heterocycles. The maximum atomic E-state index is 11.3. The van der Waals surface area contributed by atoms with Gasteiger partial charge in [0.15, 0.2) is 0 Å². The van der Waals surface area contributed by atoms with Crippen LogP contribution in [0.1, 0.15) is 31.4 Å². The molecule has 6 heteroatoms. The standard InChI is InChI=1S/C15H18N2O4/c1-7-4-9(10(5-7)14(19)20)13(18)8-2-3-11-12(6-8)17-15(21)16-11/h2-3,6-7,9-10,13,18H,4-5H2,1H3,(H,19,20)(H2,16,17,21). The maximum absolute atomic E-state index is 11.3. The Morgan fingerprint density at radius 3 is 2.71 bits per heavy atom. The summed E-state index contributed by atoms with van der Waals surface area (Å²) >= 11 is 0. The van der Waals surface area contributed by atoms with E-state index in [-0.39, 0.29) is 11.6 Å². The summed E-state index contributed by atoms with van der Waals surface area (Å²) in [4.78, 5) is 27.9. The van der Waals surface area contributed by atoms with E-state index in [1.54, 1.807) is 18.2 Å². The number of benzene rings is 1. The van der Waals surface area contributed by atoms with E-state index in [1.807, 2.05) is 6.92 Å². The van der Waals surface area contributed by atoms with Crippen molar-refractivity contribution in [2.75, 3.05) is 0 Å². The summed E-state index contributed by atoms with van der Waals surface area (Å²) < 4.78 is 0. The lowest BCUT2D eigenvalue weighted by atomic mass is 9.87. The Labute approximate surface area is 120 Å². The topological polar surface area (TPSA) is 106 Å².